The fourth-order valence-corrected chi connectivity index (χ4v) is 6.19. The topological polar surface area (TPSA) is 152 Å². The fourth-order valence-electron chi connectivity index (χ4n) is 5.45. The molecule has 0 spiro atoms. The predicted molar refractivity (Wildman–Crippen MR) is 228 cm³/mol. The minimum atomic E-state index is -4.35. The highest BCUT2D eigenvalue weighted by molar-refractivity contribution is 7.47. The molecule has 0 amide bonds. The van der Waals surface area contributed by atoms with Crippen LogP contribution in [0.15, 0.2) is 60.9 Å². The average molecular weight is 815 g/mol. The predicted octanol–water partition coefficient (Wildman–Crippen LogP) is 9.42. The molecule has 0 aliphatic carbocycles. The van der Waals surface area contributed by atoms with Gasteiger partial charge in [-0.15, -0.1) is 0 Å². The van der Waals surface area contributed by atoms with E-state index in [0.29, 0.717) is 11.0 Å². The molecule has 0 heterocycles. The van der Waals surface area contributed by atoms with Crippen LogP contribution in [0, 0.1) is 0 Å². The van der Waals surface area contributed by atoms with E-state index < -0.39 is 38.2 Å². The van der Waals surface area contributed by atoms with Gasteiger partial charge in [0, 0.05) is 6.42 Å². The number of ether oxygens (including phenoxy) is 2. The number of carbonyl (C=O) groups is 1. The number of unbranched alkanes of at least 4 members (excludes halogenated alkanes) is 14. The van der Waals surface area contributed by atoms with Crippen LogP contribution in [-0.2, 0) is 27.9 Å². The number of hydrogen-bond donors (Lipinski definition) is 4. The van der Waals surface area contributed by atoms with Crippen LogP contribution < -0.4 is 0 Å². The monoisotopic (exact) mass is 815 g/mol. The third-order valence-electron chi connectivity index (χ3n) is 9.04. The summed E-state index contributed by atoms with van der Waals surface area (Å²) in [5.74, 6) is -0.528. The molecule has 326 valence electrons. The van der Waals surface area contributed by atoms with Crippen LogP contribution in [0.3, 0.4) is 0 Å². The van der Waals surface area contributed by atoms with Gasteiger partial charge in [-0.25, -0.2) is 4.57 Å². The van der Waals surface area contributed by atoms with Gasteiger partial charge in [-0.2, -0.15) is 0 Å². The number of esters is 1. The van der Waals surface area contributed by atoms with Crippen molar-refractivity contribution >= 4 is 13.8 Å². The summed E-state index contributed by atoms with van der Waals surface area (Å²) in [5, 5.41) is 30.5. The standard InChI is InChI=1S/C44H80NO10P/c1-6-8-10-11-12-13-14-15-16-17-18-21-24-28-36-52-41(39-55-56(50,51)54-37-35-45(3,4)5)38-53-44(49)34-29-33-43(48)42(47)32-27-23-20-19-22-26-31-40(46)30-25-9-7-2/h19-20,22-23,26-28,31-32,36,40-43,46-48H,6-18,21,24-25,29-30,33-35,37-39H2,1-5H3/p+1/b22-19-,23-20+,31-26+,32-27+,36-28+/t40-,41-,42-,43-/m1/s1. The van der Waals surface area contributed by atoms with E-state index in [1.54, 1.807) is 36.5 Å². The number of aliphatic hydroxyl groups is 3. The summed E-state index contributed by atoms with van der Waals surface area (Å²) in [6, 6.07) is 0. The molecule has 4 N–H and O–H groups in total. The van der Waals surface area contributed by atoms with Gasteiger partial charge >= 0.3 is 13.8 Å². The van der Waals surface area contributed by atoms with Gasteiger partial charge < -0.3 is 34.2 Å². The van der Waals surface area contributed by atoms with E-state index in [1.807, 2.05) is 33.3 Å². The van der Waals surface area contributed by atoms with Crippen molar-refractivity contribution in [2.24, 2.45) is 0 Å². The van der Waals surface area contributed by atoms with E-state index >= 15 is 0 Å². The van der Waals surface area contributed by atoms with Crippen molar-refractivity contribution in [3.8, 4) is 0 Å². The summed E-state index contributed by atoms with van der Waals surface area (Å²) in [7, 11) is 1.48. The second-order valence-electron chi connectivity index (χ2n) is 15.7. The third kappa shape index (κ3) is 37.5. The van der Waals surface area contributed by atoms with Crippen LogP contribution in [0.5, 0.6) is 0 Å². The molecule has 0 aromatic heterocycles. The van der Waals surface area contributed by atoms with E-state index in [-0.39, 0.29) is 39.1 Å². The van der Waals surface area contributed by atoms with E-state index in [4.69, 9.17) is 18.5 Å². The van der Waals surface area contributed by atoms with Crippen LogP contribution in [0.1, 0.15) is 142 Å². The largest absolute Gasteiger partial charge is 0.492 e. The molecule has 0 aromatic carbocycles. The first kappa shape index (κ1) is 53.9. The summed E-state index contributed by atoms with van der Waals surface area (Å²) in [6.45, 7) is 4.39. The first-order valence-corrected chi connectivity index (χ1v) is 22.9. The van der Waals surface area contributed by atoms with Crippen molar-refractivity contribution < 1.29 is 52.6 Å². The SMILES string of the molecule is CCCCCCCCCCCCCC/C=C/O[C@H](COC(=O)CCC[C@@H](O)[C@H](O)/C=C/C=C/C=C\C=C\[C@H](O)CCCCC)COP(=O)(O)OCC[N+](C)(C)C. The second kappa shape index (κ2) is 36.0. The maximum atomic E-state index is 12.5. The molecule has 1 unspecified atom stereocenters. The number of nitrogens with zero attached hydrogens (tertiary/aromatic N) is 1. The van der Waals surface area contributed by atoms with Gasteiger partial charge in [0.1, 0.15) is 19.8 Å². The van der Waals surface area contributed by atoms with Crippen molar-refractivity contribution in [1.29, 1.82) is 0 Å². The summed E-state index contributed by atoms with van der Waals surface area (Å²) in [6.07, 6.45) is 34.4. The number of likely N-dealkylation sites (N-methyl/N-ethyl adjacent to an activating group) is 1. The lowest BCUT2D eigenvalue weighted by Gasteiger charge is -2.24. The fraction of sp³-hybridized carbons (Fsp3) is 0.750. The Kier molecular flexibility index (Phi) is 34.7. The Balaban J connectivity index is 4.65. The lowest BCUT2D eigenvalue weighted by atomic mass is 10.0. The van der Waals surface area contributed by atoms with E-state index in [2.05, 4.69) is 13.8 Å². The maximum Gasteiger partial charge on any atom is 0.472 e. The van der Waals surface area contributed by atoms with Gasteiger partial charge in [0.25, 0.3) is 0 Å². The lowest BCUT2D eigenvalue weighted by molar-refractivity contribution is -0.870. The van der Waals surface area contributed by atoms with Gasteiger partial charge in [0.05, 0.1) is 52.3 Å². The number of allylic oxidation sites excluding steroid dienone is 7. The zero-order valence-electron chi connectivity index (χ0n) is 35.7. The Hall–Kier alpha value is -2.08. The molecular weight excluding hydrogens is 733 g/mol. The number of phosphoric ester groups is 1. The molecule has 5 atom stereocenters. The van der Waals surface area contributed by atoms with Crippen LogP contribution in [0.25, 0.3) is 0 Å². The molecule has 0 fully saturated rings. The highest BCUT2D eigenvalue weighted by Gasteiger charge is 2.26. The second-order valence-corrected chi connectivity index (χ2v) is 17.1. The Labute approximate surface area is 340 Å². The van der Waals surface area contributed by atoms with E-state index in [9.17, 15) is 29.6 Å². The summed E-state index contributed by atoms with van der Waals surface area (Å²) >= 11 is 0. The molecule has 0 rings (SSSR count). The molecule has 0 bridgehead atoms. The number of quaternary nitrogens is 1. The van der Waals surface area contributed by atoms with Gasteiger partial charge in [-0.1, -0.05) is 152 Å². The van der Waals surface area contributed by atoms with Crippen LogP contribution in [-0.4, -0.2) is 103 Å². The number of carbonyl (C=O) groups excluding carboxylic acids is 1. The number of phosphoric acid groups is 1. The Morgan fingerprint density at radius 3 is 1.84 bits per heavy atom. The molecule has 0 saturated heterocycles. The zero-order valence-corrected chi connectivity index (χ0v) is 36.6. The Morgan fingerprint density at radius 2 is 1.23 bits per heavy atom. The quantitative estimate of drug-likeness (QED) is 0.0119. The third-order valence-corrected chi connectivity index (χ3v) is 10.0. The molecular formula is C44H81NO10P+. The Bertz CT molecular complexity index is 1130. The molecule has 0 radical (unpaired) electrons. The molecule has 0 saturated carbocycles. The van der Waals surface area contributed by atoms with Crippen molar-refractivity contribution in [2.75, 3.05) is 47.5 Å². The molecule has 12 heteroatoms. The minimum Gasteiger partial charge on any atom is -0.492 e. The van der Waals surface area contributed by atoms with Crippen LogP contribution in [0.2, 0.25) is 0 Å². The van der Waals surface area contributed by atoms with Gasteiger partial charge in [-0.3, -0.25) is 13.8 Å². The van der Waals surface area contributed by atoms with Crippen LogP contribution >= 0.6 is 7.82 Å². The molecule has 56 heavy (non-hydrogen) atoms. The normalized spacial score (nSPS) is 16.0. The maximum absolute atomic E-state index is 12.5. The molecule has 11 nitrogen and oxygen atoms in total. The number of aliphatic hydroxyl groups excluding tert-OH is 3. The molecule has 0 aliphatic rings. The number of rotatable bonds is 38. The molecule has 0 aromatic rings. The first-order valence-electron chi connectivity index (χ1n) is 21.4. The van der Waals surface area contributed by atoms with E-state index in [0.717, 1.165) is 44.9 Å². The minimum absolute atomic E-state index is 0.00798. The first-order chi connectivity index (χ1) is 26.8. The van der Waals surface area contributed by atoms with Crippen molar-refractivity contribution in [3.05, 3.63) is 60.9 Å². The Morgan fingerprint density at radius 1 is 0.679 bits per heavy atom. The van der Waals surface area contributed by atoms with Crippen molar-refractivity contribution in [1.82, 2.24) is 0 Å². The summed E-state index contributed by atoms with van der Waals surface area (Å²) < 4.78 is 34.4. The van der Waals surface area contributed by atoms with Gasteiger partial charge in [0.15, 0.2) is 6.10 Å². The lowest BCUT2D eigenvalue weighted by Crippen LogP contribution is -2.37. The zero-order chi connectivity index (χ0) is 41.8. The highest BCUT2D eigenvalue weighted by atomic mass is 31.2. The van der Waals surface area contributed by atoms with Crippen molar-refractivity contribution in [3.63, 3.8) is 0 Å². The van der Waals surface area contributed by atoms with Crippen molar-refractivity contribution in [2.45, 2.75) is 167 Å². The average Bonchev–Trinajstić information content (AvgIpc) is 3.14. The van der Waals surface area contributed by atoms with Gasteiger partial charge in [-0.05, 0) is 38.2 Å². The summed E-state index contributed by atoms with van der Waals surface area (Å²) in [5.41, 5.74) is 0. The van der Waals surface area contributed by atoms with Gasteiger partial charge in [0.2, 0.25) is 0 Å². The summed E-state index contributed by atoms with van der Waals surface area (Å²) in [4.78, 5) is 22.7. The van der Waals surface area contributed by atoms with E-state index in [1.165, 1.54) is 76.5 Å². The smallest absolute Gasteiger partial charge is 0.472 e. The van der Waals surface area contributed by atoms with Crippen LogP contribution in [0.4, 0.5) is 0 Å². The molecule has 0 aliphatic heterocycles. The number of hydrogen-bond acceptors (Lipinski definition) is 9. The highest BCUT2D eigenvalue weighted by Crippen LogP contribution is 2.43.